The number of rotatable bonds is 5. The van der Waals surface area contributed by atoms with E-state index in [0.717, 1.165) is 12.8 Å². The molecular formula is C14H17BrO5. The van der Waals surface area contributed by atoms with Crippen LogP contribution in [0.15, 0.2) is 16.6 Å². The lowest BCUT2D eigenvalue weighted by Gasteiger charge is -2.16. The van der Waals surface area contributed by atoms with E-state index in [-0.39, 0.29) is 17.8 Å². The van der Waals surface area contributed by atoms with E-state index in [4.69, 9.17) is 19.3 Å². The summed E-state index contributed by atoms with van der Waals surface area (Å²) < 4.78 is 17.2. The smallest absolute Gasteiger partial charge is 0.335 e. The van der Waals surface area contributed by atoms with Gasteiger partial charge in [-0.2, -0.15) is 0 Å². The van der Waals surface area contributed by atoms with E-state index >= 15 is 0 Å². The average molecular weight is 345 g/mol. The fourth-order valence-electron chi connectivity index (χ4n) is 2.17. The molecule has 1 aromatic rings. The zero-order valence-corrected chi connectivity index (χ0v) is 13.0. The highest BCUT2D eigenvalue weighted by Crippen LogP contribution is 2.37. The van der Waals surface area contributed by atoms with Gasteiger partial charge in [-0.1, -0.05) is 0 Å². The molecule has 0 bridgehead atoms. The van der Waals surface area contributed by atoms with Crippen LogP contribution in [0.25, 0.3) is 0 Å². The first-order chi connectivity index (χ1) is 9.51. The fourth-order valence-corrected chi connectivity index (χ4v) is 2.72. The first-order valence-corrected chi connectivity index (χ1v) is 7.19. The van der Waals surface area contributed by atoms with Crippen molar-refractivity contribution in [1.29, 1.82) is 0 Å². The molecule has 0 saturated carbocycles. The molecule has 0 radical (unpaired) electrons. The molecule has 0 aliphatic carbocycles. The summed E-state index contributed by atoms with van der Waals surface area (Å²) in [5, 5.41) is 9.01. The van der Waals surface area contributed by atoms with Crippen molar-refractivity contribution in [1.82, 2.24) is 0 Å². The minimum Gasteiger partial charge on any atom is -0.493 e. The van der Waals surface area contributed by atoms with Gasteiger partial charge in [-0.3, -0.25) is 0 Å². The Morgan fingerprint density at radius 3 is 2.80 bits per heavy atom. The maximum atomic E-state index is 11.0. The van der Waals surface area contributed by atoms with E-state index in [0.29, 0.717) is 22.6 Å². The average Bonchev–Trinajstić information content (AvgIpc) is 2.82. The predicted molar refractivity (Wildman–Crippen MR) is 76.7 cm³/mol. The van der Waals surface area contributed by atoms with Crippen LogP contribution in [0.2, 0.25) is 0 Å². The van der Waals surface area contributed by atoms with Gasteiger partial charge in [0, 0.05) is 0 Å². The first kappa shape index (κ1) is 15.1. The summed E-state index contributed by atoms with van der Waals surface area (Å²) in [5.74, 6) is -0.119. The lowest BCUT2D eigenvalue weighted by atomic mass is 10.2. The van der Waals surface area contributed by atoms with Crippen molar-refractivity contribution in [2.45, 2.75) is 32.0 Å². The molecule has 0 aromatic heterocycles. The molecular weight excluding hydrogens is 328 g/mol. The van der Waals surface area contributed by atoms with Crippen LogP contribution in [0.5, 0.6) is 11.5 Å². The molecule has 1 heterocycles. The zero-order chi connectivity index (χ0) is 14.7. The Bertz CT molecular complexity index is 503. The molecule has 1 aliphatic heterocycles. The lowest BCUT2D eigenvalue weighted by molar-refractivity contribution is 0.0257. The molecule has 6 heteroatoms. The Balaban J connectivity index is 2.12. The van der Waals surface area contributed by atoms with Gasteiger partial charge in [0.2, 0.25) is 0 Å². The van der Waals surface area contributed by atoms with Crippen molar-refractivity contribution in [3.05, 3.63) is 22.2 Å². The second-order valence-corrected chi connectivity index (χ2v) is 5.61. The minimum atomic E-state index is -1.01. The van der Waals surface area contributed by atoms with Gasteiger partial charge in [-0.05, 0) is 47.8 Å². The summed E-state index contributed by atoms with van der Waals surface area (Å²) in [7, 11) is 1.48. The van der Waals surface area contributed by atoms with Crippen molar-refractivity contribution in [2.75, 3.05) is 13.7 Å². The van der Waals surface area contributed by atoms with E-state index in [2.05, 4.69) is 15.9 Å². The molecule has 0 amide bonds. The number of benzene rings is 1. The summed E-state index contributed by atoms with van der Waals surface area (Å²) in [5.41, 5.74) is 0.145. The number of hydrogen-bond donors (Lipinski definition) is 1. The van der Waals surface area contributed by atoms with Gasteiger partial charge in [0.15, 0.2) is 11.5 Å². The highest BCUT2D eigenvalue weighted by atomic mass is 79.9. The standard InChI is InChI=1S/C14H17BrO5/c1-8-3-4-10(20-8)7-19-13-11(15)5-9(14(16)17)6-12(13)18-2/h5-6,8,10H,3-4,7H2,1-2H3,(H,16,17). The van der Waals surface area contributed by atoms with E-state index in [1.807, 2.05) is 6.92 Å². The largest absolute Gasteiger partial charge is 0.493 e. The van der Waals surface area contributed by atoms with Crippen molar-refractivity contribution >= 4 is 21.9 Å². The van der Waals surface area contributed by atoms with Gasteiger partial charge in [-0.25, -0.2) is 4.79 Å². The SMILES string of the molecule is COc1cc(C(=O)O)cc(Br)c1OCC1CCC(C)O1. The molecule has 2 atom stereocenters. The maximum absolute atomic E-state index is 11.0. The number of methoxy groups -OCH3 is 1. The molecule has 2 unspecified atom stereocenters. The lowest BCUT2D eigenvalue weighted by Crippen LogP contribution is -2.18. The highest BCUT2D eigenvalue weighted by molar-refractivity contribution is 9.10. The van der Waals surface area contributed by atoms with Crippen LogP contribution in [0, 0.1) is 0 Å². The van der Waals surface area contributed by atoms with Crippen molar-refractivity contribution in [3.63, 3.8) is 0 Å². The topological polar surface area (TPSA) is 65.0 Å². The summed E-state index contributed by atoms with van der Waals surface area (Å²) in [4.78, 5) is 11.0. The number of carboxylic acid groups (broad SMARTS) is 1. The van der Waals surface area contributed by atoms with Crippen molar-refractivity contribution in [3.8, 4) is 11.5 Å². The van der Waals surface area contributed by atoms with Crippen LogP contribution < -0.4 is 9.47 Å². The highest BCUT2D eigenvalue weighted by Gasteiger charge is 2.23. The third kappa shape index (κ3) is 3.43. The summed E-state index contributed by atoms with van der Waals surface area (Å²) in [6, 6.07) is 2.94. The summed E-state index contributed by atoms with van der Waals surface area (Å²) in [6.07, 6.45) is 2.34. The molecule has 1 N–H and O–H groups in total. The van der Waals surface area contributed by atoms with E-state index in [9.17, 15) is 4.79 Å². The summed E-state index contributed by atoms with van der Waals surface area (Å²) in [6.45, 7) is 2.46. The van der Waals surface area contributed by atoms with E-state index in [1.54, 1.807) is 0 Å². The van der Waals surface area contributed by atoms with Crippen LogP contribution >= 0.6 is 15.9 Å². The number of halogens is 1. The molecule has 1 saturated heterocycles. The quantitative estimate of drug-likeness (QED) is 0.888. The second kappa shape index (κ2) is 6.45. The van der Waals surface area contributed by atoms with Crippen LogP contribution in [-0.4, -0.2) is 37.0 Å². The predicted octanol–water partition coefficient (Wildman–Crippen LogP) is 3.10. The molecule has 0 spiro atoms. The van der Waals surface area contributed by atoms with Crippen LogP contribution in [0.3, 0.4) is 0 Å². The monoisotopic (exact) mass is 344 g/mol. The number of carboxylic acids is 1. The number of ether oxygens (including phenoxy) is 3. The van der Waals surface area contributed by atoms with Gasteiger partial charge in [0.25, 0.3) is 0 Å². The number of aromatic carboxylic acids is 1. The molecule has 5 nitrogen and oxygen atoms in total. The summed E-state index contributed by atoms with van der Waals surface area (Å²) >= 11 is 3.32. The molecule has 1 aliphatic rings. The fraction of sp³-hybridized carbons (Fsp3) is 0.500. The number of carbonyl (C=O) groups is 1. The Kier molecular flexibility index (Phi) is 4.88. The minimum absolute atomic E-state index is 0.0701. The molecule has 20 heavy (non-hydrogen) atoms. The Morgan fingerprint density at radius 1 is 1.50 bits per heavy atom. The van der Waals surface area contributed by atoms with Crippen LogP contribution in [-0.2, 0) is 4.74 Å². The van der Waals surface area contributed by atoms with E-state index in [1.165, 1.54) is 19.2 Å². The molecule has 2 rings (SSSR count). The first-order valence-electron chi connectivity index (χ1n) is 6.40. The molecule has 1 aromatic carbocycles. The Hall–Kier alpha value is -1.27. The van der Waals surface area contributed by atoms with Crippen LogP contribution in [0.4, 0.5) is 0 Å². The van der Waals surface area contributed by atoms with Gasteiger partial charge in [0.05, 0.1) is 29.4 Å². The van der Waals surface area contributed by atoms with E-state index < -0.39 is 5.97 Å². The van der Waals surface area contributed by atoms with Gasteiger partial charge in [-0.15, -0.1) is 0 Å². The molecule has 1 fully saturated rings. The zero-order valence-electron chi connectivity index (χ0n) is 11.4. The third-order valence-corrected chi connectivity index (χ3v) is 3.80. The van der Waals surface area contributed by atoms with Crippen molar-refractivity contribution in [2.24, 2.45) is 0 Å². The Morgan fingerprint density at radius 2 is 2.25 bits per heavy atom. The van der Waals surface area contributed by atoms with Gasteiger partial charge in [0.1, 0.15) is 6.61 Å². The number of hydrogen-bond acceptors (Lipinski definition) is 4. The maximum Gasteiger partial charge on any atom is 0.335 e. The van der Waals surface area contributed by atoms with Crippen LogP contribution in [0.1, 0.15) is 30.1 Å². The second-order valence-electron chi connectivity index (χ2n) is 4.75. The normalized spacial score (nSPS) is 21.8. The van der Waals surface area contributed by atoms with Gasteiger partial charge < -0.3 is 19.3 Å². The third-order valence-electron chi connectivity index (χ3n) is 3.21. The Labute approximate surface area is 126 Å². The van der Waals surface area contributed by atoms with Crippen molar-refractivity contribution < 1.29 is 24.1 Å². The molecule has 110 valence electrons. The van der Waals surface area contributed by atoms with Gasteiger partial charge >= 0.3 is 5.97 Å².